The van der Waals surface area contributed by atoms with E-state index in [1.165, 1.54) is 12.1 Å². The Kier molecular flexibility index (Phi) is 2.29. The molecular weight excluding hydrogens is 179 g/mol. The Morgan fingerprint density at radius 3 is 2.57 bits per heavy atom. The van der Waals surface area contributed by atoms with Crippen LogP contribution in [-0.4, -0.2) is 18.6 Å². The molecule has 0 bridgehead atoms. The predicted molar refractivity (Wildman–Crippen MR) is 54.6 cm³/mol. The van der Waals surface area contributed by atoms with Crippen molar-refractivity contribution in [2.75, 3.05) is 13.1 Å². The molecule has 1 heterocycles. The quantitative estimate of drug-likeness (QED) is 0.705. The second kappa shape index (κ2) is 3.33. The molecule has 76 valence electrons. The zero-order chi connectivity index (χ0) is 10.2. The fourth-order valence-corrected chi connectivity index (χ4v) is 2.04. The van der Waals surface area contributed by atoms with Gasteiger partial charge >= 0.3 is 0 Å². The van der Waals surface area contributed by atoms with Crippen LogP contribution in [0.1, 0.15) is 18.4 Å². The number of hydrogen-bond donors (Lipinski definition) is 2. The average molecular weight is 194 g/mol. The molecule has 1 aliphatic rings. The largest absolute Gasteiger partial charge is 0.324 e. The zero-order valence-electron chi connectivity index (χ0n) is 8.26. The highest BCUT2D eigenvalue weighted by Gasteiger charge is 2.35. The molecule has 0 radical (unpaired) electrons. The van der Waals surface area contributed by atoms with Crippen molar-refractivity contribution in [3.8, 4) is 0 Å². The summed E-state index contributed by atoms with van der Waals surface area (Å²) < 4.78 is 12.7. The molecule has 2 atom stereocenters. The first-order valence-corrected chi connectivity index (χ1v) is 4.85. The number of hydrogen-bond acceptors (Lipinski definition) is 2. The summed E-state index contributed by atoms with van der Waals surface area (Å²) in [6.45, 7) is 3.72. The highest BCUT2D eigenvalue weighted by molar-refractivity contribution is 5.26. The molecule has 1 saturated heterocycles. The van der Waals surface area contributed by atoms with Crippen molar-refractivity contribution in [1.29, 1.82) is 0 Å². The van der Waals surface area contributed by atoms with Crippen LogP contribution in [0.5, 0.6) is 0 Å². The molecule has 1 aromatic carbocycles. The lowest BCUT2D eigenvalue weighted by molar-refractivity contribution is 0.462. The summed E-state index contributed by atoms with van der Waals surface area (Å²) in [5, 5.41) is 3.26. The fraction of sp³-hybridized carbons (Fsp3) is 0.455. The van der Waals surface area contributed by atoms with E-state index in [0.29, 0.717) is 0 Å². The van der Waals surface area contributed by atoms with Crippen molar-refractivity contribution in [1.82, 2.24) is 5.32 Å². The topological polar surface area (TPSA) is 38.0 Å². The normalized spacial score (nSPS) is 32.1. The zero-order valence-corrected chi connectivity index (χ0v) is 8.26. The number of rotatable bonds is 1. The van der Waals surface area contributed by atoms with Gasteiger partial charge in [0.1, 0.15) is 5.82 Å². The molecule has 0 amide bonds. The third kappa shape index (κ3) is 1.65. The highest BCUT2D eigenvalue weighted by atomic mass is 19.1. The van der Waals surface area contributed by atoms with E-state index in [1.54, 1.807) is 0 Å². The van der Waals surface area contributed by atoms with Crippen molar-refractivity contribution >= 4 is 0 Å². The van der Waals surface area contributed by atoms with E-state index in [4.69, 9.17) is 5.73 Å². The maximum Gasteiger partial charge on any atom is 0.123 e. The Labute approximate surface area is 83.3 Å². The van der Waals surface area contributed by atoms with Gasteiger partial charge in [-0.05, 0) is 24.6 Å². The summed E-state index contributed by atoms with van der Waals surface area (Å²) >= 11 is 0. The molecule has 14 heavy (non-hydrogen) atoms. The standard InChI is InChI=1S/C11H15FN2/c1-11(13)7-14-6-10(11)8-2-4-9(12)5-3-8/h2-5,10,14H,6-7,13H2,1H3. The molecule has 0 saturated carbocycles. The van der Waals surface area contributed by atoms with E-state index >= 15 is 0 Å². The molecule has 1 fully saturated rings. The smallest absolute Gasteiger partial charge is 0.123 e. The van der Waals surface area contributed by atoms with E-state index in [0.717, 1.165) is 18.7 Å². The highest BCUT2D eigenvalue weighted by Crippen LogP contribution is 2.29. The third-order valence-corrected chi connectivity index (χ3v) is 2.92. The van der Waals surface area contributed by atoms with Crippen molar-refractivity contribution in [3.05, 3.63) is 35.6 Å². The number of nitrogens with two attached hydrogens (primary N) is 1. The van der Waals surface area contributed by atoms with Crippen LogP contribution in [0.15, 0.2) is 24.3 Å². The Morgan fingerprint density at radius 1 is 1.43 bits per heavy atom. The van der Waals surface area contributed by atoms with Crippen LogP contribution < -0.4 is 11.1 Å². The van der Waals surface area contributed by atoms with Gasteiger partial charge in [-0.1, -0.05) is 12.1 Å². The van der Waals surface area contributed by atoms with Gasteiger partial charge in [-0.25, -0.2) is 4.39 Å². The minimum Gasteiger partial charge on any atom is -0.324 e. The van der Waals surface area contributed by atoms with Crippen molar-refractivity contribution in [3.63, 3.8) is 0 Å². The Bertz CT molecular complexity index is 319. The lowest BCUT2D eigenvalue weighted by Gasteiger charge is -2.25. The van der Waals surface area contributed by atoms with E-state index < -0.39 is 0 Å². The van der Waals surface area contributed by atoms with Crippen LogP contribution in [0.3, 0.4) is 0 Å². The van der Waals surface area contributed by atoms with Gasteiger partial charge in [-0.15, -0.1) is 0 Å². The number of nitrogens with one attached hydrogen (secondary N) is 1. The van der Waals surface area contributed by atoms with Crippen LogP contribution in [0.2, 0.25) is 0 Å². The van der Waals surface area contributed by atoms with Crippen molar-refractivity contribution < 1.29 is 4.39 Å². The SMILES string of the molecule is CC1(N)CNCC1c1ccc(F)cc1. The van der Waals surface area contributed by atoms with Crippen LogP contribution in [0.4, 0.5) is 4.39 Å². The van der Waals surface area contributed by atoms with Gasteiger partial charge in [-0.2, -0.15) is 0 Å². The first-order chi connectivity index (χ1) is 6.59. The first-order valence-electron chi connectivity index (χ1n) is 4.85. The summed E-state index contributed by atoms with van der Waals surface area (Å²) in [6, 6.07) is 6.61. The molecule has 2 unspecified atom stereocenters. The second-order valence-corrected chi connectivity index (χ2v) is 4.24. The summed E-state index contributed by atoms with van der Waals surface area (Å²) in [7, 11) is 0. The molecule has 1 aliphatic heterocycles. The van der Waals surface area contributed by atoms with Gasteiger partial charge in [0.2, 0.25) is 0 Å². The van der Waals surface area contributed by atoms with Crippen LogP contribution >= 0.6 is 0 Å². The molecular formula is C11H15FN2. The summed E-state index contributed by atoms with van der Waals surface area (Å²) in [6.07, 6.45) is 0. The monoisotopic (exact) mass is 194 g/mol. The van der Waals surface area contributed by atoms with Gasteiger partial charge < -0.3 is 11.1 Å². The third-order valence-electron chi connectivity index (χ3n) is 2.92. The lowest BCUT2D eigenvalue weighted by atomic mass is 9.84. The Hall–Kier alpha value is -0.930. The fourth-order valence-electron chi connectivity index (χ4n) is 2.04. The molecule has 2 rings (SSSR count). The predicted octanol–water partition coefficient (Wildman–Crippen LogP) is 1.23. The summed E-state index contributed by atoms with van der Waals surface area (Å²) in [4.78, 5) is 0. The van der Waals surface area contributed by atoms with Gasteiger partial charge in [0.05, 0.1) is 0 Å². The second-order valence-electron chi connectivity index (χ2n) is 4.24. The molecule has 3 N–H and O–H groups in total. The minimum absolute atomic E-state index is 0.196. The van der Waals surface area contributed by atoms with Crippen molar-refractivity contribution in [2.45, 2.75) is 18.4 Å². The minimum atomic E-state index is -0.224. The van der Waals surface area contributed by atoms with Gasteiger partial charge in [0.25, 0.3) is 0 Å². The molecule has 3 heteroatoms. The van der Waals surface area contributed by atoms with E-state index in [9.17, 15) is 4.39 Å². The lowest BCUT2D eigenvalue weighted by Crippen LogP contribution is -2.42. The molecule has 0 aromatic heterocycles. The van der Waals surface area contributed by atoms with Crippen LogP contribution in [-0.2, 0) is 0 Å². The summed E-state index contributed by atoms with van der Waals surface area (Å²) in [5.41, 5.74) is 7.02. The molecule has 0 spiro atoms. The number of halogens is 1. The molecule has 2 nitrogen and oxygen atoms in total. The summed E-state index contributed by atoms with van der Waals surface area (Å²) in [5.74, 6) is 0.0848. The van der Waals surface area contributed by atoms with Gasteiger partial charge in [-0.3, -0.25) is 0 Å². The number of benzene rings is 1. The maximum absolute atomic E-state index is 12.7. The molecule has 0 aliphatic carbocycles. The van der Waals surface area contributed by atoms with E-state index in [2.05, 4.69) is 5.32 Å². The molecule has 1 aromatic rings. The maximum atomic E-state index is 12.7. The Morgan fingerprint density at radius 2 is 2.07 bits per heavy atom. The van der Waals surface area contributed by atoms with E-state index in [-0.39, 0.29) is 17.3 Å². The van der Waals surface area contributed by atoms with Crippen LogP contribution in [0, 0.1) is 5.82 Å². The Balaban J connectivity index is 2.27. The van der Waals surface area contributed by atoms with E-state index in [1.807, 2.05) is 19.1 Å². The van der Waals surface area contributed by atoms with Gasteiger partial charge in [0.15, 0.2) is 0 Å². The van der Waals surface area contributed by atoms with Gasteiger partial charge in [0, 0.05) is 24.5 Å². The van der Waals surface area contributed by atoms with Crippen molar-refractivity contribution in [2.24, 2.45) is 5.73 Å². The van der Waals surface area contributed by atoms with Crippen LogP contribution in [0.25, 0.3) is 0 Å². The average Bonchev–Trinajstić information content (AvgIpc) is 2.47. The first kappa shape index (κ1) is 9.62.